The Bertz CT molecular complexity index is 742. The minimum atomic E-state index is 0.0935. The molecular weight excluding hydrogens is 326 g/mol. The molecule has 1 aliphatic heterocycles. The van der Waals surface area contributed by atoms with Crippen molar-refractivity contribution in [1.29, 1.82) is 0 Å². The fourth-order valence-electron chi connectivity index (χ4n) is 2.71. The fraction of sp³-hybridized carbons (Fsp3) is 0.294. The van der Waals surface area contributed by atoms with E-state index in [0.29, 0.717) is 0 Å². The second-order valence-corrected chi connectivity index (χ2v) is 7.26. The van der Waals surface area contributed by atoms with E-state index in [1.807, 2.05) is 17.6 Å². The first-order valence-electron chi connectivity index (χ1n) is 7.61. The van der Waals surface area contributed by atoms with E-state index in [-0.39, 0.29) is 6.10 Å². The van der Waals surface area contributed by atoms with E-state index in [4.69, 9.17) is 9.72 Å². The van der Waals surface area contributed by atoms with E-state index < -0.39 is 0 Å². The zero-order valence-corrected chi connectivity index (χ0v) is 14.2. The van der Waals surface area contributed by atoms with Crippen LogP contribution in [-0.4, -0.2) is 34.6 Å². The first-order chi connectivity index (χ1) is 11.4. The molecule has 6 heteroatoms. The number of ether oxygens (including phenoxy) is 1. The van der Waals surface area contributed by atoms with Gasteiger partial charge in [-0.1, -0.05) is 30.3 Å². The van der Waals surface area contributed by atoms with Gasteiger partial charge in [-0.15, -0.1) is 22.7 Å². The molecule has 118 valence electrons. The summed E-state index contributed by atoms with van der Waals surface area (Å²) in [6, 6.07) is 10.4. The number of hydrogen-bond acceptors (Lipinski definition) is 6. The lowest BCUT2D eigenvalue weighted by molar-refractivity contribution is -0.0333. The molecule has 0 amide bonds. The summed E-state index contributed by atoms with van der Waals surface area (Å²) in [5.74, 6) is 0. The summed E-state index contributed by atoms with van der Waals surface area (Å²) >= 11 is 3.37. The molecule has 3 aromatic rings. The number of benzene rings is 1. The number of nitrogens with zero attached hydrogens (tertiary/aromatic N) is 3. The Kier molecular flexibility index (Phi) is 4.48. The lowest BCUT2D eigenvalue weighted by atomic mass is 10.2. The van der Waals surface area contributed by atoms with Crippen LogP contribution in [0.15, 0.2) is 47.3 Å². The minimum Gasteiger partial charge on any atom is -0.368 e. The molecule has 1 fully saturated rings. The Morgan fingerprint density at radius 3 is 2.96 bits per heavy atom. The molecule has 4 nitrogen and oxygen atoms in total. The fourth-order valence-corrected chi connectivity index (χ4v) is 4.21. The van der Waals surface area contributed by atoms with Crippen LogP contribution in [0.1, 0.15) is 16.8 Å². The number of thiazole rings is 2. The van der Waals surface area contributed by atoms with Gasteiger partial charge in [0.25, 0.3) is 0 Å². The largest absolute Gasteiger partial charge is 0.368 e. The van der Waals surface area contributed by atoms with Crippen LogP contribution in [-0.2, 0) is 11.3 Å². The van der Waals surface area contributed by atoms with Gasteiger partial charge in [0, 0.05) is 42.2 Å². The van der Waals surface area contributed by atoms with Gasteiger partial charge in [-0.25, -0.2) is 9.97 Å². The molecule has 1 saturated heterocycles. The quantitative estimate of drug-likeness (QED) is 0.721. The van der Waals surface area contributed by atoms with Gasteiger partial charge in [0.15, 0.2) is 0 Å². The lowest BCUT2D eigenvalue weighted by Gasteiger charge is -2.31. The summed E-state index contributed by atoms with van der Waals surface area (Å²) in [6.07, 6.45) is 1.94. The molecule has 1 aliphatic rings. The van der Waals surface area contributed by atoms with Gasteiger partial charge in [0.1, 0.15) is 16.1 Å². The summed E-state index contributed by atoms with van der Waals surface area (Å²) in [5.41, 5.74) is 2.32. The lowest BCUT2D eigenvalue weighted by Crippen LogP contribution is -2.37. The summed E-state index contributed by atoms with van der Waals surface area (Å²) in [6.45, 7) is 3.44. The highest BCUT2D eigenvalue weighted by Gasteiger charge is 2.24. The van der Waals surface area contributed by atoms with Gasteiger partial charge in [-0.05, 0) is 0 Å². The Balaban J connectivity index is 1.43. The van der Waals surface area contributed by atoms with Crippen molar-refractivity contribution < 1.29 is 4.74 Å². The van der Waals surface area contributed by atoms with Crippen molar-refractivity contribution >= 4 is 22.7 Å². The van der Waals surface area contributed by atoms with E-state index in [9.17, 15) is 0 Å². The van der Waals surface area contributed by atoms with Crippen molar-refractivity contribution in [2.24, 2.45) is 0 Å². The molecule has 23 heavy (non-hydrogen) atoms. The van der Waals surface area contributed by atoms with Crippen LogP contribution < -0.4 is 0 Å². The molecule has 0 bridgehead atoms. The van der Waals surface area contributed by atoms with Crippen LogP contribution in [0.25, 0.3) is 10.6 Å². The van der Waals surface area contributed by atoms with Gasteiger partial charge in [0.2, 0.25) is 0 Å². The van der Waals surface area contributed by atoms with Crippen molar-refractivity contribution in [2.45, 2.75) is 12.6 Å². The molecule has 0 radical (unpaired) electrons. The Morgan fingerprint density at radius 1 is 1.22 bits per heavy atom. The highest BCUT2D eigenvalue weighted by Crippen LogP contribution is 2.27. The highest BCUT2D eigenvalue weighted by atomic mass is 32.1. The van der Waals surface area contributed by atoms with Crippen LogP contribution in [0.2, 0.25) is 0 Å². The van der Waals surface area contributed by atoms with Crippen LogP contribution >= 0.6 is 22.7 Å². The summed E-state index contributed by atoms with van der Waals surface area (Å²) < 4.78 is 5.85. The van der Waals surface area contributed by atoms with Crippen LogP contribution in [0.3, 0.4) is 0 Å². The minimum absolute atomic E-state index is 0.0935. The predicted octanol–water partition coefficient (Wildman–Crippen LogP) is 3.84. The standard InChI is InChI=1S/C17H17N3OS2/c1-2-4-13(5-3-1)16-19-14(12-23-16)10-20-7-8-21-15(11-20)17-18-6-9-22-17/h1-6,9,12,15H,7-8,10-11H2. The maximum atomic E-state index is 5.85. The van der Waals surface area contributed by atoms with E-state index in [1.165, 1.54) is 5.56 Å². The Morgan fingerprint density at radius 2 is 2.13 bits per heavy atom. The smallest absolute Gasteiger partial charge is 0.123 e. The maximum Gasteiger partial charge on any atom is 0.123 e. The maximum absolute atomic E-state index is 5.85. The normalized spacial score (nSPS) is 19.0. The molecule has 1 unspecified atom stereocenters. The molecule has 1 atom stereocenters. The zero-order valence-electron chi connectivity index (χ0n) is 12.6. The van der Waals surface area contributed by atoms with Crippen LogP contribution in [0.4, 0.5) is 0 Å². The zero-order chi connectivity index (χ0) is 15.5. The SMILES string of the molecule is c1ccc(-c2nc(CN3CCOC(c4nccs4)C3)cs2)cc1. The molecular formula is C17H17N3OS2. The van der Waals surface area contributed by atoms with E-state index >= 15 is 0 Å². The summed E-state index contributed by atoms with van der Waals surface area (Å²) in [7, 11) is 0. The molecule has 0 N–H and O–H groups in total. The molecule has 1 aromatic carbocycles. The van der Waals surface area contributed by atoms with Crippen molar-refractivity contribution in [3.05, 3.63) is 58.0 Å². The summed E-state index contributed by atoms with van der Waals surface area (Å²) in [5, 5.41) is 6.32. The molecule has 4 rings (SSSR count). The van der Waals surface area contributed by atoms with Gasteiger partial charge in [0.05, 0.1) is 12.3 Å². The van der Waals surface area contributed by atoms with Crippen LogP contribution in [0.5, 0.6) is 0 Å². The van der Waals surface area contributed by atoms with Crippen molar-refractivity contribution in [1.82, 2.24) is 14.9 Å². The number of rotatable bonds is 4. The number of aromatic nitrogens is 2. The third-order valence-corrected chi connectivity index (χ3v) is 5.64. The second-order valence-electron chi connectivity index (χ2n) is 5.47. The average molecular weight is 343 g/mol. The van der Waals surface area contributed by atoms with E-state index in [0.717, 1.165) is 42.0 Å². The Labute approximate surface area is 143 Å². The van der Waals surface area contributed by atoms with Crippen molar-refractivity contribution in [3.8, 4) is 10.6 Å². The first kappa shape index (κ1) is 15.0. The second kappa shape index (κ2) is 6.88. The van der Waals surface area contributed by atoms with Gasteiger partial charge >= 0.3 is 0 Å². The monoisotopic (exact) mass is 343 g/mol. The van der Waals surface area contributed by atoms with Crippen molar-refractivity contribution in [3.63, 3.8) is 0 Å². The summed E-state index contributed by atoms with van der Waals surface area (Å²) in [4.78, 5) is 11.6. The van der Waals surface area contributed by atoms with Gasteiger partial charge < -0.3 is 4.74 Å². The molecule has 3 heterocycles. The molecule has 0 spiro atoms. The van der Waals surface area contributed by atoms with Gasteiger partial charge in [-0.3, -0.25) is 4.90 Å². The average Bonchev–Trinajstić information content (AvgIpc) is 3.28. The van der Waals surface area contributed by atoms with E-state index in [2.05, 4.69) is 39.5 Å². The third-order valence-electron chi connectivity index (χ3n) is 3.84. The number of morpholine rings is 1. The molecule has 0 aliphatic carbocycles. The van der Waals surface area contributed by atoms with Crippen molar-refractivity contribution in [2.75, 3.05) is 19.7 Å². The molecule has 2 aromatic heterocycles. The highest BCUT2D eigenvalue weighted by molar-refractivity contribution is 7.13. The third kappa shape index (κ3) is 3.50. The van der Waals surface area contributed by atoms with Crippen LogP contribution in [0, 0.1) is 0 Å². The first-order valence-corrected chi connectivity index (χ1v) is 9.37. The van der Waals surface area contributed by atoms with E-state index in [1.54, 1.807) is 22.7 Å². The predicted molar refractivity (Wildman–Crippen MR) is 93.6 cm³/mol. The molecule has 0 saturated carbocycles. The van der Waals surface area contributed by atoms with Gasteiger partial charge in [-0.2, -0.15) is 0 Å². The Hall–Kier alpha value is -1.60. The topological polar surface area (TPSA) is 38.2 Å². The number of hydrogen-bond donors (Lipinski definition) is 0.